The number of benzene rings is 2. The SMILES string of the molecule is CCCCCCOCc1ccc(-c2ccc(O[C@H](C)C(=O)OCC)cc2)cc1. The molecule has 0 heterocycles. The molecular formula is C24H32O4. The van der Waals surface area contributed by atoms with Gasteiger partial charge in [0, 0.05) is 6.61 Å². The number of hydrogen-bond acceptors (Lipinski definition) is 4. The van der Waals surface area contributed by atoms with Crippen LogP contribution in [0.4, 0.5) is 0 Å². The molecule has 152 valence electrons. The van der Waals surface area contributed by atoms with Gasteiger partial charge in [0.05, 0.1) is 13.2 Å². The van der Waals surface area contributed by atoms with Gasteiger partial charge in [-0.1, -0.05) is 62.6 Å². The van der Waals surface area contributed by atoms with E-state index in [1.54, 1.807) is 13.8 Å². The van der Waals surface area contributed by atoms with Crippen molar-refractivity contribution in [2.75, 3.05) is 13.2 Å². The highest BCUT2D eigenvalue weighted by Crippen LogP contribution is 2.23. The first-order valence-electron chi connectivity index (χ1n) is 10.2. The van der Waals surface area contributed by atoms with E-state index in [4.69, 9.17) is 14.2 Å². The molecule has 0 radical (unpaired) electrons. The van der Waals surface area contributed by atoms with Gasteiger partial charge in [-0.2, -0.15) is 0 Å². The topological polar surface area (TPSA) is 44.8 Å². The normalized spacial score (nSPS) is 11.8. The number of hydrogen-bond donors (Lipinski definition) is 0. The lowest BCUT2D eigenvalue weighted by Gasteiger charge is -2.13. The third-order valence-corrected chi connectivity index (χ3v) is 4.48. The summed E-state index contributed by atoms with van der Waals surface area (Å²) in [5, 5.41) is 0. The minimum Gasteiger partial charge on any atom is -0.479 e. The molecule has 0 N–H and O–H groups in total. The molecule has 0 saturated heterocycles. The Morgan fingerprint density at radius 1 is 0.893 bits per heavy atom. The highest BCUT2D eigenvalue weighted by atomic mass is 16.6. The molecule has 28 heavy (non-hydrogen) atoms. The van der Waals surface area contributed by atoms with Crippen LogP contribution in [0.5, 0.6) is 5.75 Å². The van der Waals surface area contributed by atoms with Gasteiger partial charge in [0.1, 0.15) is 5.75 Å². The first kappa shape index (κ1) is 22.0. The van der Waals surface area contributed by atoms with E-state index in [-0.39, 0.29) is 5.97 Å². The Morgan fingerprint density at radius 3 is 2.14 bits per heavy atom. The molecule has 0 saturated carbocycles. The minimum atomic E-state index is -0.618. The first-order valence-corrected chi connectivity index (χ1v) is 10.2. The first-order chi connectivity index (χ1) is 13.6. The van der Waals surface area contributed by atoms with Crippen molar-refractivity contribution in [2.24, 2.45) is 0 Å². The van der Waals surface area contributed by atoms with Crippen molar-refractivity contribution in [3.8, 4) is 16.9 Å². The van der Waals surface area contributed by atoms with Crippen molar-refractivity contribution in [1.29, 1.82) is 0 Å². The van der Waals surface area contributed by atoms with Crippen LogP contribution in [0.15, 0.2) is 48.5 Å². The van der Waals surface area contributed by atoms with Gasteiger partial charge in [-0.25, -0.2) is 4.79 Å². The molecule has 0 aliphatic carbocycles. The number of unbranched alkanes of at least 4 members (excludes halogenated alkanes) is 3. The van der Waals surface area contributed by atoms with Gasteiger partial charge in [-0.05, 0) is 49.1 Å². The zero-order valence-electron chi connectivity index (χ0n) is 17.3. The predicted octanol–water partition coefficient (Wildman–Crippen LogP) is 5.78. The van der Waals surface area contributed by atoms with Crippen LogP contribution >= 0.6 is 0 Å². The summed E-state index contributed by atoms with van der Waals surface area (Å²) in [5.41, 5.74) is 3.42. The highest BCUT2D eigenvalue weighted by Gasteiger charge is 2.15. The van der Waals surface area contributed by atoms with Crippen LogP contribution in [0, 0.1) is 0 Å². The molecule has 2 rings (SSSR count). The van der Waals surface area contributed by atoms with E-state index in [1.807, 2.05) is 24.3 Å². The summed E-state index contributed by atoms with van der Waals surface area (Å²) in [5.74, 6) is 0.298. The molecule has 0 aromatic heterocycles. The molecular weight excluding hydrogens is 352 g/mol. The maximum Gasteiger partial charge on any atom is 0.347 e. The van der Waals surface area contributed by atoms with Crippen molar-refractivity contribution >= 4 is 5.97 Å². The second-order valence-corrected chi connectivity index (χ2v) is 6.85. The van der Waals surface area contributed by atoms with Crippen molar-refractivity contribution in [3.63, 3.8) is 0 Å². The highest BCUT2D eigenvalue weighted by molar-refractivity contribution is 5.74. The number of carbonyl (C=O) groups is 1. The van der Waals surface area contributed by atoms with Crippen LogP contribution in [0.25, 0.3) is 11.1 Å². The number of rotatable bonds is 12. The molecule has 0 unspecified atom stereocenters. The number of esters is 1. The van der Waals surface area contributed by atoms with Gasteiger partial charge < -0.3 is 14.2 Å². The standard InChI is InChI=1S/C24H32O4/c1-4-6-7-8-17-26-18-20-9-11-21(12-10-20)22-13-15-23(16-14-22)28-19(3)24(25)27-5-2/h9-16,19H,4-8,17-18H2,1-3H3/t19-/m1/s1. The quantitative estimate of drug-likeness (QED) is 0.344. The smallest absolute Gasteiger partial charge is 0.347 e. The average molecular weight is 385 g/mol. The summed E-state index contributed by atoms with van der Waals surface area (Å²) in [6.45, 7) is 7.53. The second-order valence-electron chi connectivity index (χ2n) is 6.85. The van der Waals surface area contributed by atoms with Crippen LogP contribution in [-0.4, -0.2) is 25.3 Å². The van der Waals surface area contributed by atoms with E-state index in [2.05, 4.69) is 31.2 Å². The van der Waals surface area contributed by atoms with Crippen LogP contribution in [0.2, 0.25) is 0 Å². The van der Waals surface area contributed by atoms with Gasteiger partial charge in [0.25, 0.3) is 0 Å². The van der Waals surface area contributed by atoms with Gasteiger partial charge in [-0.15, -0.1) is 0 Å². The monoisotopic (exact) mass is 384 g/mol. The summed E-state index contributed by atoms with van der Waals surface area (Å²) < 4.78 is 16.3. The summed E-state index contributed by atoms with van der Waals surface area (Å²) in [7, 11) is 0. The third kappa shape index (κ3) is 7.35. The maximum atomic E-state index is 11.7. The Kier molecular flexibility index (Phi) is 9.56. The predicted molar refractivity (Wildman–Crippen MR) is 112 cm³/mol. The van der Waals surface area contributed by atoms with E-state index in [1.165, 1.54) is 24.8 Å². The second kappa shape index (κ2) is 12.2. The summed E-state index contributed by atoms with van der Waals surface area (Å²) in [6, 6.07) is 16.2. The van der Waals surface area contributed by atoms with E-state index < -0.39 is 6.10 Å². The summed E-state index contributed by atoms with van der Waals surface area (Å²) >= 11 is 0. The van der Waals surface area contributed by atoms with Crippen LogP contribution < -0.4 is 4.74 Å². The van der Waals surface area contributed by atoms with E-state index in [0.717, 1.165) is 24.2 Å². The largest absolute Gasteiger partial charge is 0.479 e. The lowest BCUT2D eigenvalue weighted by Crippen LogP contribution is -2.25. The molecule has 0 bridgehead atoms. The fraction of sp³-hybridized carbons (Fsp3) is 0.458. The lowest BCUT2D eigenvalue weighted by atomic mass is 10.0. The van der Waals surface area contributed by atoms with E-state index in [9.17, 15) is 4.79 Å². The summed E-state index contributed by atoms with van der Waals surface area (Å²) in [4.78, 5) is 11.7. The van der Waals surface area contributed by atoms with E-state index >= 15 is 0 Å². The number of carbonyl (C=O) groups excluding carboxylic acids is 1. The minimum absolute atomic E-state index is 0.352. The van der Waals surface area contributed by atoms with Gasteiger partial charge in [0.15, 0.2) is 6.10 Å². The Labute approximate surface area is 168 Å². The molecule has 0 aliphatic rings. The Balaban J connectivity index is 1.84. The molecule has 1 atom stereocenters. The average Bonchev–Trinajstić information content (AvgIpc) is 2.72. The lowest BCUT2D eigenvalue weighted by molar-refractivity contribution is -0.150. The van der Waals surface area contributed by atoms with Crippen LogP contribution in [-0.2, 0) is 20.9 Å². The molecule has 0 amide bonds. The zero-order chi connectivity index (χ0) is 20.2. The van der Waals surface area contributed by atoms with Gasteiger partial charge >= 0.3 is 5.97 Å². The molecule has 0 fully saturated rings. The third-order valence-electron chi connectivity index (χ3n) is 4.48. The van der Waals surface area contributed by atoms with Crippen LogP contribution in [0.3, 0.4) is 0 Å². The number of ether oxygens (including phenoxy) is 3. The Bertz CT molecular complexity index is 692. The molecule has 0 spiro atoms. The molecule has 4 heteroatoms. The zero-order valence-corrected chi connectivity index (χ0v) is 17.3. The summed E-state index contributed by atoms with van der Waals surface area (Å²) in [6.07, 6.45) is 4.29. The van der Waals surface area contributed by atoms with Gasteiger partial charge in [0.2, 0.25) is 0 Å². The molecule has 2 aromatic rings. The van der Waals surface area contributed by atoms with Gasteiger partial charge in [-0.3, -0.25) is 0 Å². The maximum absolute atomic E-state index is 11.7. The Hall–Kier alpha value is -2.33. The molecule has 0 aliphatic heterocycles. The van der Waals surface area contributed by atoms with Crippen molar-refractivity contribution in [2.45, 2.75) is 59.2 Å². The van der Waals surface area contributed by atoms with Crippen molar-refractivity contribution in [3.05, 3.63) is 54.1 Å². The molecule has 2 aromatic carbocycles. The van der Waals surface area contributed by atoms with Crippen LogP contribution in [0.1, 0.15) is 52.0 Å². The molecule has 4 nitrogen and oxygen atoms in total. The van der Waals surface area contributed by atoms with Crippen molar-refractivity contribution < 1.29 is 19.0 Å². The Morgan fingerprint density at radius 2 is 1.54 bits per heavy atom. The fourth-order valence-electron chi connectivity index (χ4n) is 2.85. The van der Waals surface area contributed by atoms with Crippen molar-refractivity contribution in [1.82, 2.24) is 0 Å². The fourth-order valence-corrected chi connectivity index (χ4v) is 2.85. The van der Waals surface area contributed by atoms with E-state index in [0.29, 0.717) is 19.0 Å².